The minimum absolute atomic E-state index is 0.291. The van der Waals surface area contributed by atoms with Crippen LogP contribution in [0.3, 0.4) is 0 Å². The van der Waals surface area contributed by atoms with Crippen LogP contribution < -0.4 is 10.1 Å². The van der Waals surface area contributed by atoms with Crippen molar-refractivity contribution in [3.63, 3.8) is 0 Å². The number of nitrogens with one attached hydrogen (secondary N) is 1. The lowest BCUT2D eigenvalue weighted by Crippen LogP contribution is -2.37. The lowest BCUT2D eigenvalue weighted by molar-refractivity contribution is -0.149. The van der Waals surface area contributed by atoms with Crippen molar-refractivity contribution >= 4 is 11.7 Å². The van der Waals surface area contributed by atoms with Crippen molar-refractivity contribution < 1.29 is 31.8 Å². The number of carbonyl (C=O) groups is 1. The lowest BCUT2D eigenvalue weighted by Gasteiger charge is -2.24. The van der Waals surface area contributed by atoms with Gasteiger partial charge in [-0.1, -0.05) is 44.2 Å². The SMILES string of the molecule is CC(C)[C@@H](Nc1ccc(C(F)(F)F)cc1F)C(=O)O[C@H](C#N)c1cccc(Oc2ccccc2)c1. The Hall–Kier alpha value is -4.06. The van der Waals surface area contributed by atoms with E-state index in [9.17, 15) is 27.6 Å². The fourth-order valence-electron chi connectivity index (χ4n) is 3.20. The molecule has 0 radical (unpaired) electrons. The van der Waals surface area contributed by atoms with E-state index in [0.717, 1.165) is 6.07 Å². The number of nitrogens with zero attached hydrogens (tertiary/aromatic N) is 1. The predicted octanol–water partition coefficient (Wildman–Crippen LogP) is 6.88. The van der Waals surface area contributed by atoms with Gasteiger partial charge in [-0.05, 0) is 48.4 Å². The first-order chi connectivity index (χ1) is 16.6. The molecule has 9 heteroatoms. The summed E-state index contributed by atoms with van der Waals surface area (Å²) >= 11 is 0. The molecule has 5 nitrogen and oxygen atoms in total. The van der Waals surface area contributed by atoms with E-state index >= 15 is 0 Å². The molecular weight excluding hydrogens is 464 g/mol. The van der Waals surface area contributed by atoms with Crippen molar-refractivity contribution in [2.75, 3.05) is 5.32 Å². The summed E-state index contributed by atoms with van der Waals surface area (Å²) in [7, 11) is 0. The first-order valence-corrected chi connectivity index (χ1v) is 10.6. The van der Waals surface area contributed by atoms with Gasteiger partial charge >= 0.3 is 12.1 Å². The number of ether oxygens (including phenoxy) is 2. The minimum Gasteiger partial charge on any atom is -0.457 e. The van der Waals surface area contributed by atoms with Crippen LogP contribution in [0.2, 0.25) is 0 Å². The first kappa shape index (κ1) is 25.6. The van der Waals surface area contributed by atoms with Gasteiger partial charge in [0, 0.05) is 5.56 Å². The van der Waals surface area contributed by atoms with Crippen LogP contribution in [0.4, 0.5) is 23.2 Å². The summed E-state index contributed by atoms with van der Waals surface area (Å²) in [6.07, 6.45) is -5.99. The van der Waals surface area contributed by atoms with Gasteiger partial charge in [-0.25, -0.2) is 9.18 Å². The second-order valence-electron chi connectivity index (χ2n) is 7.99. The Bertz CT molecular complexity index is 1210. The van der Waals surface area contributed by atoms with Crippen molar-refractivity contribution in [1.29, 1.82) is 5.26 Å². The fourth-order valence-corrected chi connectivity index (χ4v) is 3.20. The number of nitriles is 1. The predicted molar refractivity (Wildman–Crippen MR) is 121 cm³/mol. The summed E-state index contributed by atoms with van der Waals surface area (Å²) in [4.78, 5) is 12.9. The van der Waals surface area contributed by atoms with Gasteiger partial charge in [-0.3, -0.25) is 0 Å². The number of esters is 1. The molecule has 3 aromatic carbocycles. The van der Waals surface area contributed by atoms with Crippen molar-refractivity contribution in [2.24, 2.45) is 5.92 Å². The zero-order chi connectivity index (χ0) is 25.6. The van der Waals surface area contributed by atoms with Gasteiger partial charge < -0.3 is 14.8 Å². The maximum absolute atomic E-state index is 14.3. The molecule has 2 atom stereocenters. The van der Waals surface area contributed by atoms with Crippen LogP contribution in [0, 0.1) is 23.1 Å². The molecule has 0 aliphatic rings. The maximum atomic E-state index is 14.3. The number of anilines is 1. The number of benzene rings is 3. The van der Waals surface area contributed by atoms with Crippen LogP contribution >= 0.6 is 0 Å². The maximum Gasteiger partial charge on any atom is 0.416 e. The van der Waals surface area contributed by atoms with Gasteiger partial charge in [-0.2, -0.15) is 18.4 Å². The summed E-state index contributed by atoms with van der Waals surface area (Å²) in [5, 5.41) is 12.2. The van der Waals surface area contributed by atoms with Crippen LogP contribution in [0.15, 0.2) is 72.8 Å². The summed E-state index contributed by atoms with van der Waals surface area (Å²) in [6.45, 7) is 3.30. The summed E-state index contributed by atoms with van der Waals surface area (Å²) < 4.78 is 63.9. The Kier molecular flexibility index (Phi) is 7.97. The number of hydrogen-bond donors (Lipinski definition) is 1. The molecule has 0 amide bonds. The smallest absolute Gasteiger partial charge is 0.416 e. The van der Waals surface area contributed by atoms with Crippen molar-refractivity contribution in [2.45, 2.75) is 32.2 Å². The monoisotopic (exact) mass is 486 g/mol. The summed E-state index contributed by atoms with van der Waals surface area (Å²) in [5.74, 6) is -1.45. The molecule has 0 saturated carbocycles. The van der Waals surface area contributed by atoms with Crippen LogP contribution in [0.25, 0.3) is 0 Å². The van der Waals surface area contributed by atoms with E-state index in [1.807, 2.05) is 12.1 Å². The quantitative estimate of drug-likeness (QED) is 0.278. The lowest BCUT2D eigenvalue weighted by atomic mass is 10.0. The third-order valence-electron chi connectivity index (χ3n) is 5.02. The van der Waals surface area contributed by atoms with Crippen LogP contribution in [0.5, 0.6) is 11.5 Å². The third kappa shape index (κ3) is 6.73. The first-order valence-electron chi connectivity index (χ1n) is 10.6. The Morgan fingerprint density at radius 1 is 0.971 bits per heavy atom. The molecule has 0 aliphatic carbocycles. The highest BCUT2D eigenvalue weighted by Crippen LogP contribution is 2.32. The molecule has 0 bridgehead atoms. The molecular formula is C26H22F4N2O3. The van der Waals surface area contributed by atoms with Gasteiger partial charge in [0.05, 0.1) is 11.3 Å². The number of hydrogen-bond acceptors (Lipinski definition) is 5. The van der Waals surface area contributed by atoms with Gasteiger partial charge in [0.1, 0.15) is 29.4 Å². The van der Waals surface area contributed by atoms with Crippen molar-refractivity contribution in [3.8, 4) is 17.6 Å². The highest BCUT2D eigenvalue weighted by Gasteiger charge is 2.32. The number of rotatable bonds is 8. The average Bonchev–Trinajstić information content (AvgIpc) is 2.81. The van der Waals surface area contributed by atoms with E-state index in [4.69, 9.17) is 9.47 Å². The van der Waals surface area contributed by atoms with Crippen LogP contribution in [-0.4, -0.2) is 12.0 Å². The van der Waals surface area contributed by atoms with E-state index < -0.39 is 41.6 Å². The molecule has 0 spiro atoms. The van der Waals surface area contributed by atoms with E-state index in [-0.39, 0.29) is 5.69 Å². The Morgan fingerprint density at radius 2 is 1.66 bits per heavy atom. The zero-order valence-electron chi connectivity index (χ0n) is 18.8. The molecule has 3 rings (SSSR count). The molecule has 0 unspecified atom stereocenters. The summed E-state index contributed by atoms with van der Waals surface area (Å²) in [5.41, 5.74) is -1.08. The Morgan fingerprint density at radius 3 is 2.26 bits per heavy atom. The van der Waals surface area contributed by atoms with E-state index in [0.29, 0.717) is 29.2 Å². The highest BCUT2D eigenvalue weighted by atomic mass is 19.4. The second-order valence-corrected chi connectivity index (χ2v) is 7.99. The number of halogens is 4. The van der Waals surface area contributed by atoms with Crippen LogP contribution in [-0.2, 0) is 15.7 Å². The molecule has 0 aliphatic heterocycles. The van der Waals surface area contributed by atoms with Gasteiger partial charge in [-0.15, -0.1) is 0 Å². The van der Waals surface area contributed by atoms with E-state index in [1.165, 1.54) is 0 Å². The van der Waals surface area contributed by atoms with Crippen molar-refractivity contribution in [1.82, 2.24) is 0 Å². The normalized spacial score (nSPS) is 13.0. The molecule has 0 fully saturated rings. The van der Waals surface area contributed by atoms with Crippen molar-refractivity contribution in [3.05, 3.63) is 89.7 Å². The van der Waals surface area contributed by atoms with Gasteiger partial charge in [0.2, 0.25) is 6.10 Å². The highest BCUT2D eigenvalue weighted by molar-refractivity contribution is 5.80. The minimum atomic E-state index is -4.70. The Balaban J connectivity index is 1.75. The van der Waals surface area contributed by atoms with E-state index in [1.54, 1.807) is 62.4 Å². The molecule has 35 heavy (non-hydrogen) atoms. The topological polar surface area (TPSA) is 71.3 Å². The standard InChI is InChI=1S/C26H22F4N2O3/c1-16(2)24(32-22-12-11-18(14-21(22)27)26(28,29)30)25(33)35-23(15-31)17-7-6-10-20(13-17)34-19-8-4-3-5-9-19/h3-14,16,23-24,32H,1-2H3/t23-,24-/m1/s1. The largest absolute Gasteiger partial charge is 0.457 e. The number of para-hydroxylation sites is 1. The third-order valence-corrected chi connectivity index (χ3v) is 5.02. The molecule has 1 N–H and O–H groups in total. The Labute approximate surface area is 199 Å². The second kappa shape index (κ2) is 10.9. The van der Waals surface area contributed by atoms with Gasteiger partial charge in [0.15, 0.2) is 0 Å². The van der Waals surface area contributed by atoms with Gasteiger partial charge in [0.25, 0.3) is 0 Å². The summed E-state index contributed by atoms with van der Waals surface area (Å²) in [6, 6.07) is 18.2. The molecule has 0 saturated heterocycles. The average molecular weight is 486 g/mol. The molecule has 182 valence electrons. The zero-order valence-corrected chi connectivity index (χ0v) is 18.8. The molecule has 0 heterocycles. The number of carbonyl (C=O) groups excluding carboxylic acids is 1. The van der Waals surface area contributed by atoms with Crippen LogP contribution in [0.1, 0.15) is 31.1 Å². The number of alkyl halides is 3. The molecule has 3 aromatic rings. The van der Waals surface area contributed by atoms with E-state index in [2.05, 4.69) is 5.32 Å². The molecule has 0 aromatic heterocycles. The fraction of sp³-hybridized carbons (Fsp3) is 0.231.